The molecule has 1 aromatic rings. The number of anilines is 1. The second-order valence-corrected chi connectivity index (χ2v) is 3.98. The van der Waals surface area contributed by atoms with Crippen LogP contribution in [0.2, 0.25) is 0 Å². The number of esters is 1. The van der Waals surface area contributed by atoms with Crippen LogP contribution in [0.1, 0.15) is 18.9 Å². The van der Waals surface area contributed by atoms with Crippen LogP contribution in [0.25, 0.3) is 0 Å². The predicted molar refractivity (Wildman–Crippen MR) is 72.0 cm³/mol. The molecule has 0 aliphatic carbocycles. The van der Waals surface area contributed by atoms with Crippen LogP contribution in [0.3, 0.4) is 0 Å². The van der Waals surface area contributed by atoms with Crippen LogP contribution in [0.5, 0.6) is 0 Å². The van der Waals surface area contributed by atoms with Gasteiger partial charge in [-0.2, -0.15) is 0 Å². The first kappa shape index (κ1) is 14.4. The lowest BCUT2D eigenvalue weighted by atomic mass is 10.2. The van der Waals surface area contributed by atoms with Gasteiger partial charge in [0.05, 0.1) is 13.0 Å². The summed E-state index contributed by atoms with van der Waals surface area (Å²) < 4.78 is 18.3. The molecule has 1 rings (SSSR count). The van der Waals surface area contributed by atoms with E-state index < -0.39 is 5.82 Å². The summed E-state index contributed by atoms with van der Waals surface area (Å²) in [5, 5.41) is 2.92. The molecule has 6 heteroatoms. The Morgan fingerprint density at radius 3 is 2.83 bits per heavy atom. The van der Waals surface area contributed by atoms with Gasteiger partial charge in [-0.25, -0.2) is 4.39 Å². The van der Waals surface area contributed by atoms with Gasteiger partial charge in [-0.15, -0.1) is 0 Å². The molecular formula is C12H15FN2O2S. The van der Waals surface area contributed by atoms with Gasteiger partial charge < -0.3 is 15.8 Å². The third-order valence-electron chi connectivity index (χ3n) is 2.20. The summed E-state index contributed by atoms with van der Waals surface area (Å²) >= 11 is 4.70. The largest absolute Gasteiger partial charge is 0.466 e. The van der Waals surface area contributed by atoms with Crippen molar-refractivity contribution in [3.63, 3.8) is 0 Å². The number of hydrogen-bond acceptors (Lipinski definition) is 4. The van der Waals surface area contributed by atoms with E-state index in [1.807, 2.05) is 0 Å². The Morgan fingerprint density at radius 1 is 1.56 bits per heavy atom. The summed E-state index contributed by atoms with van der Waals surface area (Å²) in [6, 6.07) is 4.45. The molecule has 0 aliphatic heterocycles. The minimum atomic E-state index is -0.483. The van der Waals surface area contributed by atoms with Gasteiger partial charge >= 0.3 is 5.97 Å². The average molecular weight is 270 g/mol. The number of benzene rings is 1. The first-order valence-corrected chi connectivity index (χ1v) is 5.94. The molecule has 0 aliphatic rings. The minimum absolute atomic E-state index is 0.0190. The summed E-state index contributed by atoms with van der Waals surface area (Å²) in [4.78, 5) is 11.1. The van der Waals surface area contributed by atoms with E-state index in [2.05, 4.69) is 5.32 Å². The Balaban J connectivity index is 2.51. The first-order valence-electron chi connectivity index (χ1n) is 5.53. The number of rotatable bonds is 6. The third kappa shape index (κ3) is 4.29. The third-order valence-corrected chi connectivity index (χ3v) is 2.42. The van der Waals surface area contributed by atoms with Gasteiger partial charge in [0.1, 0.15) is 10.8 Å². The quantitative estimate of drug-likeness (QED) is 0.610. The molecule has 0 bridgehead atoms. The summed E-state index contributed by atoms with van der Waals surface area (Å²) in [7, 11) is 0. The maximum atomic E-state index is 13.5. The molecule has 4 nitrogen and oxygen atoms in total. The fourth-order valence-corrected chi connectivity index (χ4v) is 1.53. The first-order chi connectivity index (χ1) is 8.54. The van der Waals surface area contributed by atoms with Gasteiger partial charge in [0, 0.05) is 17.8 Å². The van der Waals surface area contributed by atoms with Crippen molar-refractivity contribution >= 4 is 28.9 Å². The summed E-state index contributed by atoms with van der Waals surface area (Å²) in [5.41, 5.74) is 6.12. The van der Waals surface area contributed by atoms with Crippen LogP contribution < -0.4 is 11.1 Å². The number of ether oxygens (including phenoxy) is 1. The number of thiocarbonyl (C=S) groups is 1. The minimum Gasteiger partial charge on any atom is -0.466 e. The van der Waals surface area contributed by atoms with Gasteiger partial charge in [-0.1, -0.05) is 12.2 Å². The van der Waals surface area contributed by atoms with E-state index in [9.17, 15) is 9.18 Å². The molecule has 0 saturated heterocycles. The highest BCUT2D eigenvalue weighted by Gasteiger charge is 2.06. The zero-order chi connectivity index (χ0) is 13.5. The maximum Gasteiger partial charge on any atom is 0.307 e. The Morgan fingerprint density at radius 2 is 2.28 bits per heavy atom. The summed E-state index contributed by atoms with van der Waals surface area (Å²) in [6.45, 7) is 2.48. The molecule has 1 aromatic carbocycles. The van der Waals surface area contributed by atoms with E-state index in [1.165, 1.54) is 12.1 Å². The van der Waals surface area contributed by atoms with Gasteiger partial charge in [0.25, 0.3) is 0 Å². The summed E-state index contributed by atoms with van der Waals surface area (Å²) in [5.74, 6) is -0.770. The SMILES string of the molecule is CCOC(=O)CCNc1ccc(C(N)=S)c(F)c1. The van der Waals surface area contributed by atoms with Gasteiger partial charge in [0.2, 0.25) is 0 Å². The normalized spacial score (nSPS) is 9.89. The van der Waals surface area contributed by atoms with Crippen LogP contribution in [0.4, 0.5) is 10.1 Å². The number of carbonyl (C=O) groups is 1. The molecule has 0 heterocycles. The highest BCUT2D eigenvalue weighted by Crippen LogP contribution is 2.14. The highest BCUT2D eigenvalue weighted by molar-refractivity contribution is 7.80. The molecular weight excluding hydrogens is 255 g/mol. The standard InChI is InChI=1S/C12H15FN2O2S/c1-2-17-11(16)5-6-15-8-3-4-9(12(14)18)10(13)7-8/h3-4,7,15H,2,5-6H2,1H3,(H2,14,18). The monoisotopic (exact) mass is 270 g/mol. The lowest BCUT2D eigenvalue weighted by Crippen LogP contribution is -2.13. The molecule has 98 valence electrons. The molecule has 0 atom stereocenters. The van der Waals surface area contributed by atoms with Gasteiger partial charge in [0.15, 0.2) is 0 Å². The molecule has 0 amide bonds. The second-order valence-electron chi connectivity index (χ2n) is 3.54. The van der Waals surface area contributed by atoms with E-state index in [-0.39, 0.29) is 22.9 Å². The Kier molecular flexibility index (Phi) is 5.51. The Bertz CT molecular complexity index is 452. The van der Waals surface area contributed by atoms with Crippen molar-refractivity contribution in [3.05, 3.63) is 29.6 Å². The Labute approximate surface area is 110 Å². The van der Waals surface area contributed by atoms with Crippen LogP contribution in [0.15, 0.2) is 18.2 Å². The zero-order valence-corrected chi connectivity index (χ0v) is 10.8. The molecule has 18 heavy (non-hydrogen) atoms. The second kappa shape index (κ2) is 6.90. The van der Waals surface area contributed by atoms with Crippen molar-refractivity contribution in [2.45, 2.75) is 13.3 Å². The maximum absolute atomic E-state index is 13.5. The molecule has 0 spiro atoms. The molecule has 0 saturated carbocycles. The Hall–Kier alpha value is -1.69. The van der Waals surface area contributed by atoms with Gasteiger partial charge in [-0.3, -0.25) is 4.79 Å². The topological polar surface area (TPSA) is 64.3 Å². The van der Waals surface area contributed by atoms with Crippen LogP contribution in [0, 0.1) is 5.82 Å². The number of carbonyl (C=O) groups excluding carboxylic acids is 1. The van der Waals surface area contributed by atoms with Crippen molar-refractivity contribution in [2.24, 2.45) is 5.73 Å². The fraction of sp³-hybridized carbons (Fsp3) is 0.333. The van der Waals surface area contributed by atoms with E-state index in [1.54, 1.807) is 13.0 Å². The zero-order valence-electron chi connectivity index (χ0n) is 10.0. The van der Waals surface area contributed by atoms with Crippen molar-refractivity contribution in [1.82, 2.24) is 0 Å². The molecule has 0 radical (unpaired) electrons. The van der Waals surface area contributed by atoms with E-state index >= 15 is 0 Å². The molecule has 0 unspecified atom stereocenters. The van der Waals surface area contributed by atoms with E-state index in [0.29, 0.717) is 18.8 Å². The highest BCUT2D eigenvalue weighted by atomic mass is 32.1. The predicted octanol–water partition coefficient (Wildman–Crippen LogP) is 1.83. The van der Waals surface area contributed by atoms with E-state index in [4.69, 9.17) is 22.7 Å². The molecule has 0 aromatic heterocycles. The number of nitrogens with two attached hydrogens (primary N) is 1. The van der Waals surface area contributed by atoms with Crippen molar-refractivity contribution in [2.75, 3.05) is 18.5 Å². The lowest BCUT2D eigenvalue weighted by Gasteiger charge is -2.08. The number of hydrogen-bond donors (Lipinski definition) is 2. The smallest absolute Gasteiger partial charge is 0.307 e. The van der Waals surface area contributed by atoms with E-state index in [0.717, 1.165) is 0 Å². The van der Waals surface area contributed by atoms with Crippen molar-refractivity contribution < 1.29 is 13.9 Å². The molecule has 3 N–H and O–H groups in total. The summed E-state index contributed by atoms with van der Waals surface area (Å²) in [6.07, 6.45) is 0.229. The van der Waals surface area contributed by atoms with Gasteiger partial charge in [-0.05, 0) is 25.1 Å². The van der Waals surface area contributed by atoms with Crippen LogP contribution >= 0.6 is 12.2 Å². The van der Waals surface area contributed by atoms with Crippen LogP contribution in [-0.4, -0.2) is 24.1 Å². The lowest BCUT2D eigenvalue weighted by molar-refractivity contribution is -0.142. The fourth-order valence-electron chi connectivity index (χ4n) is 1.37. The van der Waals surface area contributed by atoms with Crippen molar-refractivity contribution in [1.29, 1.82) is 0 Å². The number of nitrogens with one attached hydrogen (secondary N) is 1. The van der Waals surface area contributed by atoms with Crippen LogP contribution in [-0.2, 0) is 9.53 Å². The number of halogens is 1. The average Bonchev–Trinajstić information content (AvgIpc) is 2.29. The van der Waals surface area contributed by atoms with Crippen molar-refractivity contribution in [3.8, 4) is 0 Å². The molecule has 0 fully saturated rings.